The minimum absolute atomic E-state index is 0.150. The van der Waals surface area contributed by atoms with Gasteiger partial charge in [-0.15, -0.1) is 0 Å². The van der Waals surface area contributed by atoms with E-state index in [1.165, 1.54) is 5.56 Å². The van der Waals surface area contributed by atoms with Crippen molar-refractivity contribution in [3.63, 3.8) is 0 Å². The van der Waals surface area contributed by atoms with Crippen molar-refractivity contribution in [2.45, 2.75) is 13.0 Å². The third kappa shape index (κ3) is 4.75. The summed E-state index contributed by atoms with van der Waals surface area (Å²) in [6.07, 6.45) is 6.62. The van der Waals surface area contributed by atoms with Crippen molar-refractivity contribution in [1.29, 1.82) is 0 Å². The Morgan fingerprint density at radius 3 is 2.64 bits per heavy atom. The molecule has 0 aliphatic rings. The average Bonchev–Trinajstić information content (AvgIpc) is 3.02. The molecule has 0 spiro atoms. The number of aryl methyl sites for hydroxylation is 1. The van der Waals surface area contributed by atoms with Crippen molar-refractivity contribution in [2.75, 3.05) is 19.7 Å². The summed E-state index contributed by atoms with van der Waals surface area (Å²) < 4.78 is 1.84. The first kappa shape index (κ1) is 17.3. The molecule has 5 heteroatoms. The summed E-state index contributed by atoms with van der Waals surface area (Å²) in [6.45, 7) is 2.45. The third-order valence-electron chi connectivity index (χ3n) is 4.21. The van der Waals surface area contributed by atoms with Crippen LogP contribution in [0.4, 0.5) is 0 Å². The smallest absolute Gasteiger partial charge is 0.0983 e. The Kier molecular flexibility index (Phi) is 5.93. The average molecular weight is 336 g/mol. The Morgan fingerprint density at radius 2 is 1.92 bits per heavy atom. The molecule has 1 aromatic carbocycles. The van der Waals surface area contributed by atoms with Crippen LogP contribution in [0.3, 0.4) is 0 Å². The summed E-state index contributed by atoms with van der Waals surface area (Å²) in [5.74, 6) is 0. The number of hydrogen-bond donors (Lipinski definition) is 1. The van der Waals surface area contributed by atoms with E-state index in [4.69, 9.17) is 0 Å². The van der Waals surface area contributed by atoms with Crippen molar-refractivity contribution in [3.05, 3.63) is 72.2 Å². The van der Waals surface area contributed by atoms with Crippen LogP contribution in [0, 0.1) is 0 Å². The van der Waals surface area contributed by atoms with E-state index in [1.807, 2.05) is 36.1 Å². The van der Waals surface area contributed by atoms with Crippen LogP contribution in [0.15, 0.2) is 61.1 Å². The van der Waals surface area contributed by atoms with E-state index in [-0.39, 0.29) is 6.61 Å². The molecule has 0 atom stereocenters. The van der Waals surface area contributed by atoms with E-state index in [0.717, 1.165) is 36.3 Å². The first-order valence-electron chi connectivity index (χ1n) is 8.56. The SMILES string of the molecule is Cn1cc(CN(CCO)CCc2ccccc2)c(-c2cccnc2)n1. The predicted octanol–water partition coefficient (Wildman–Crippen LogP) is 2.52. The molecule has 3 aromatic rings. The molecule has 25 heavy (non-hydrogen) atoms. The minimum atomic E-state index is 0.150. The Hall–Kier alpha value is -2.50. The molecule has 130 valence electrons. The van der Waals surface area contributed by atoms with Crippen LogP contribution in [0.2, 0.25) is 0 Å². The second-order valence-corrected chi connectivity index (χ2v) is 6.15. The zero-order chi connectivity index (χ0) is 17.5. The van der Waals surface area contributed by atoms with Crippen LogP contribution in [0.25, 0.3) is 11.3 Å². The molecule has 0 unspecified atom stereocenters. The van der Waals surface area contributed by atoms with Crippen LogP contribution in [-0.4, -0.2) is 44.5 Å². The van der Waals surface area contributed by atoms with Gasteiger partial charge in [-0.25, -0.2) is 0 Å². The highest BCUT2D eigenvalue weighted by atomic mass is 16.3. The summed E-state index contributed by atoms with van der Waals surface area (Å²) in [6, 6.07) is 14.4. The predicted molar refractivity (Wildman–Crippen MR) is 98.9 cm³/mol. The van der Waals surface area contributed by atoms with Crippen LogP contribution in [0.5, 0.6) is 0 Å². The normalized spacial score (nSPS) is 11.2. The second kappa shape index (κ2) is 8.55. The van der Waals surface area contributed by atoms with Crippen molar-refractivity contribution in [1.82, 2.24) is 19.7 Å². The summed E-state index contributed by atoms with van der Waals surface area (Å²) in [5, 5.41) is 14.0. The number of aliphatic hydroxyl groups excluding tert-OH is 1. The molecule has 0 fully saturated rings. The lowest BCUT2D eigenvalue weighted by Gasteiger charge is -2.21. The fourth-order valence-corrected chi connectivity index (χ4v) is 2.98. The topological polar surface area (TPSA) is 54.2 Å². The fourth-order valence-electron chi connectivity index (χ4n) is 2.98. The van der Waals surface area contributed by atoms with Gasteiger partial charge in [-0.2, -0.15) is 5.10 Å². The molecule has 1 N–H and O–H groups in total. The lowest BCUT2D eigenvalue weighted by Crippen LogP contribution is -2.28. The maximum atomic E-state index is 9.43. The van der Waals surface area contributed by atoms with Gasteiger partial charge in [0.1, 0.15) is 0 Å². The zero-order valence-electron chi connectivity index (χ0n) is 14.5. The highest BCUT2D eigenvalue weighted by Gasteiger charge is 2.14. The molecule has 3 rings (SSSR count). The molecule has 0 bridgehead atoms. The van der Waals surface area contributed by atoms with Crippen LogP contribution < -0.4 is 0 Å². The number of rotatable bonds is 8. The van der Waals surface area contributed by atoms with E-state index in [1.54, 1.807) is 6.20 Å². The van der Waals surface area contributed by atoms with Gasteiger partial charge in [-0.05, 0) is 24.1 Å². The molecule has 0 radical (unpaired) electrons. The van der Waals surface area contributed by atoms with Crippen molar-refractivity contribution >= 4 is 0 Å². The number of pyridine rings is 1. The van der Waals surface area contributed by atoms with Gasteiger partial charge in [-0.3, -0.25) is 14.6 Å². The highest BCUT2D eigenvalue weighted by molar-refractivity contribution is 5.61. The maximum Gasteiger partial charge on any atom is 0.0983 e. The minimum Gasteiger partial charge on any atom is -0.395 e. The van der Waals surface area contributed by atoms with E-state index in [2.05, 4.69) is 45.4 Å². The number of benzene rings is 1. The lowest BCUT2D eigenvalue weighted by atomic mass is 10.1. The van der Waals surface area contributed by atoms with Crippen LogP contribution in [0.1, 0.15) is 11.1 Å². The van der Waals surface area contributed by atoms with E-state index in [0.29, 0.717) is 6.54 Å². The van der Waals surface area contributed by atoms with Gasteiger partial charge in [0.2, 0.25) is 0 Å². The number of hydrogen-bond acceptors (Lipinski definition) is 4. The van der Waals surface area contributed by atoms with E-state index < -0.39 is 0 Å². The van der Waals surface area contributed by atoms with Gasteiger partial charge < -0.3 is 5.11 Å². The molecule has 0 amide bonds. The zero-order valence-corrected chi connectivity index (χ0v) is 14.5. The Balaban J connectivity index is 1.74. The number of nitrogens with zero attached hydrogens (tertiary/aromatic N) is 4. The molecule has 2 aromatic heterocycles. The summed E-state index contributed by atoms with van der Waals surface area (Å²) in [5.41, 5.74) is 4.43. The maximum absolute atomic E-state index is 9.43. The fraction of sp³-hybridized carbons (Fsp3) is 0.300. The van der Waals surface area contributed by atoms with Crippen LogP contribution >= 0.6 is 0 Å². The quantitative estimate of drug-likeness (QED) is 0.687. The summed E-state index contributed by atoms with van der Waals surface area (Å²) >= 11 is 0. The van der Waals surface area contributed by atoms with Gasteiger partial charge in [0, 0.05) is 56.4 Å². The van der Waals surface area contributed by atoms with Crippen molar-refractivity contribution < 1.29 is 5.11 Å². The molecule has 2 heterocycles. The second-order valence-electron chi connectivity index (χ2n) is 6.15. The number of aliphatic hydroxyl groups is 1. The van der Waals surface area contributed by atoms with Crippen LogP contribution in [-0.2, 0) is 20.0 Å². The molecule has 0 saturated heterocycles. The monoisotopic (exact) mass is 336 g/mol. The molecular formula is C20H24N4O. The van der Waals surface area contributed by atoms with Gasteiger partial charge in [-0.1, -0.05) is 30.3 Å². The van der Waals surface area contributed by atoms with Gasteiger partial charge in [0.05, 0.1) is 12.3 Å². The van der Waals surface area contributed by atoms with E-state index in [9.17, 15) is 5.11 Å². The van der Waals surface area contributed by atoms with Crippen molar-refractivity contribution in [2.24, 2.45) is 7.05 Å². The molecule has 0 saturated carbocycles. The Bertz CT molecular complexity index is 771. The largest absolute Gasteiger partial charge is 0.395 e. The molecule has 0 aliphatic carbocycles. The summed E-state index contributed by atoms with van der Waals surface area (Å²) in [4.78, 5) is 6.47. The van der Waals surface area contributed by atoms with Gasteiger partial charge >= 0.3 is 0 Å². The molecule has 5 nitrogen and oxygen atoms in total. The summed E-state index contributed by atoms with van der Waals surface area (Å²) in [7, 11) is 1.93. The molecule has 0 aliphatic heterocycles. The highest BCUT2D eigenvalue weighted by Crippen LogP contribution is 2.22. The first-order valence-corrected chi connectivity index (χ1v) is 8.56. The lowest BCUT2D eigenvalue weighted by molar-refractivity contribution is 0.192. The third-order valence-corrected chi connectivity index (χ3v) is 4.21. The Labute approximate surface area is 148 Å². The van der Waals surface area contributed by atoms with Gasteiger partial charge in [0.25, 0.3) is 0 Å². The van der Waals surface area contributed by atoms with Crippen molar-refractivity contribution in [3.8, 4) is 11.3 Å². The van der Waals surface area contributed by atoms with E-state index >= 15 is 0 Å². The first-order chi connectivity index (χ1) is 12.3. The number of aromatic nitrogens is 3. The van der Waals surface area contributed by atoms with Gasteiger partial charge in [0.15, 0.2) is 0 Å². The standard InChI is InChI=1S/C20H24N4O/c1-23-15-19(20(22-23)18-8-5-10-21-14-18)16-24(12-13-25)11-9-17-6-3-2-4-7-17/h2-8,10,14-15,25H,9,11-13,16H2,1H3. The molecular weight excluding hydrogens is 312 g/mol. The Morgan fingerprint density at radius 1 is 1.08 bits per heavy atom.